The number of aromatic nitrogens is 1. The van der Waals surface area contributed by atoms with E-state index in [0.717, 1.165) is 17.2 Å². The second-order valence-electron chi connectivity index (χ2n) is 5.02. The summed E-state index contributed by atoms with van der Waals surface area (Å²) in [5.74, 6) is 0. The fraction of sp³-hybridized carbons (Fsp3) is 0.167. The van der Waals surface area contributed by atoms with Gasteiger partial charge in [-0.05, 0) is 12.5 Å². The van der Waals surface area contributed by atoms with Gasteiger partial charge in [0.2, 0.25) is 0 Å². The largest absolute Gasteiger partial charge is 0.305 e. The summed E-state index contributed by atoms with van der Waals surface area (Å²) in [5, 5.41) is 6.74. The first kappa shape index (κ1) is 14.0. The van der Waals surface area contributed by atoms with E-state index in [0.29, 0.717) is 6.04 Å². The Morgan fingerprint density at radius 3 is 2.38 bits per heavy atom. The van der Waals surface area contributed by atoms with E-state index < -0.39 is 0 Å². The summed E-state index contributed by atoms with van der Waals surface area (Å²) in [6.45, 7) is 2.97. The van der Waals surface area contributed by atoms with Gasteiger partial charge in [-0.25, -0.2) is 4.98 Å². The molecule has 0 spiro atoms. The summed E-state index contributed by atoms with van der Waals surface area (Å²) in [6, 6.07) is 21.1. The molecule has 0 radical (unpaired) electrons. The van der Waals surface area contributed by atoms with E-state index in [1.165, 1.54) is 11.1 Å². The van der Waals surface area contributed by atoms with Crippen molar-refractivity contribution >= 4 is 11.3 Å². The number of thiazole rings is 1. The fourth-order valence-electron chi connectivity index (χ4n) is 2.22. The first-order valence-electron chi connectivity index (χ1n) is 7.11. The average molecular weight is 294 g/mol. The van der Waals surface area contributed by atoms with Crippen LogP contribution in [0, 0.1) is 0 Å². The van der Waals surface area contributed by atoms with Crippen molar-refractivity contribution in [2.45, 2.75) is 19.5 Å². The molecule has 0 aliphatic heterocycles. The van der Waals surface area contributed by atoms with E-state index >= 15 is 0 Å². The molecule has 1 N–H and O–H groups in total. The zero-order valence-corrected chi connectivity index (χ0v) is 12.8. The highest BCUT2D eigenvalue weighted by molar-refractivity contribution is 7.13. The Kier molecular flexibility index (Phi) is 4.43. The van der Waals surface area contributed by atoms with Gasteiger partial charge in [-0.15, -0.1) is 11.3 Å². The van der Waals surface area contributed by atoms with Crippen LogP contribution < -0.4 is 5.32 Å². The molecular weight excluding hydrogens is 276 g/mol. The Hall–Kier alpha value is -1.97. The normalized spacial score (nSPS) is 12.2. The smallest absolute Gasteiger partial charge is 0.123 e. The maximum absolute atomic E-state index is 4.70. The minimum Gasteiger partial charge on any atom is -0.305 e. The van der Waals surface area contributed by atoms with Crippen LogP contribution in [0.5, 0.6) is 0 Å². The standard InChI is InChI=1S/C18H18N2S/c1-14(15-8-4-2-5-9-15)19-12-17-13-21-18(20-17)16-10-6-3-7-11-16/h2-11,13-14,19H,12H2,1H3. The van der Waals surface area contributed by atoms with Gasteiger partial charge in [0.05, 0.1) is 5.69 Å². The van der Waals surface area contributed by atoms with Gasteiger partial charge in [-0.2, -0.15) is 0 Å². The van der Waals surface area contributed by atoms with Crippen molar-refractivity contribution in [3.8, 4) is 10.6 Å². The van der Waals surface area contributed by atoms with Crippen molar-refractivity contribution < 1.29 is 0 Å². The summed E-state index contributed by atoms with van der Waals surface area (Å²) < 4.78 is 0. The number of benzene rings is 2. The lowest BCUT2D eigenvalue weighted by molar-refractivity contribution is 0.569. The molecule has 1 heterocycles. The minimum absolute atomic E-state index is 0.327. The maximum atomic E-state index is 4.70. The Morgan fingerprint density at radius 2 is 1.67 bits per heavy atom. The van der Waals surface area contributed by atoms with Gasteiger partial charge >= 0.3 is 0 Å². The molecule has 0 aliphatic carbocycles. The molecule has 1 unspecified atom stereocenters. The number of hydrogen-bond donors (Lipinski definition) is 1. The topological polar surface area (TPSA) is 24.9 Å². The Morgan fingerprint density at radius 1 is 1.00 bits per heavy atom. The molecule has 0 saturated carbocycles. The number of nitrogens with one attached hydrogen (secondary N) is 1. The zero-order chi connectivity index (χ0) is 14.5. The third-order valence-electron chi connectivity index (χ3n) is 3.46. The van der Waals surface area contributed by atoms with Gasteiger partial charge < -0.3 is 5.32 Å². The lowest BCUT2D eigenvalue weighted by Gasteiger charge is -2.12. The Balaban J connectivity index is 1.63. The highest BCUT2D eigenvalue weighted by Crippen LogP contribution is 2.23. The first-order valence-corrected chi connectivity index (χ1v) is 7.99. The molecular formula is C18H18N2S. The van der Waals surface area contributed by atoms with Crippen molar-refractivity contribution in [1.29, 1.82) is 0 Å². The molecule has 3 heteroatoms. The van der Waals surface area contributed by atoms with E-state index in [2.05, 4.69) is 54.0 Å². The van der Waals surface area contributed by atoms with Crippen LogP contribution >= 0.6 is 11.3 Å². The van der Waals surface area contributed by atoms with Gasteiger partial charge in [0.1, 0.15) is 5.01 Å². The summed E-state index contributed by atoms with van der Waals surface area (Å²) >= 11 is 1.70. The van der Waals surface area contributed by atoms with Crippen LogP contribution in [-0.2, 0) is 6.54 Å². The van der Waals surface area contributed by atoms with Crippen LogP contribution in [0.3, 0.4) is 0 Å². The van der Waals surface area contributed by atoms with Crippen molar-refractivity contribution in [2.75, 3.05) is 0 Å². The number of nitrogens with zero attached hydrogens (tertiary/aromatic N) is 1. The molecule has 106 valence electrons. The van der Waals surface area contributed by atoms with Gasteiger partial charge in [0, 0.05) is 23.5 Å². The number of rotatable bonds is 5. The molecule has 3 aromatic rings. The monoisotopic (exact) mass is 294 g/mol. The van der Waals surface area contributed by atoms with E-state index in [-0.39, 0.29) is 0 Å². The van der Waals surface area contributed by atoms with Crippen LogP contribution in [-0.4, -0.2) is 4.98 Å². The van der Waals surface area contributed by atoms with E-state index in [4.69, 9.17) is 4.98 Å². The average Bonchev–Trinajstić information content (AvgIpc) is 3.03. The molecule has 0 bridgehead atoms. The second kappa shape index (κ2) is 6.66. The lowest BCUT2D eigenvalue weighted by atomic mass is 10.1. The van der Waals surface area contributed by atoms with Gasteiger partial charge in [-0.1, -0.05) is 60.7 Å². The van der Waals surface area contributed by atoms with Crippen LogP contribution in [0.2, 0.25) is 0 Å². The molecule has 0 amide bonds. The Bertz CT molecular complexity index is 677. The third-order valence-corrected chi connectivity index (χ3v) is 4.40. The van der Waals surface area contributed by atoms with Crippen LogP contribution in [0.25, 0.3) is 10.6 Å². The predicted molar refractivity (Wildman–Crippen MR) is 89.2 cm³/mol. The molecule has 1 aromatic heterocycles. The molecule has 21 heavy (non-hydrogen) atoms. The summed E-state index contributed by atoms with van der Waals surface area (Å²) in [5.41, 5.74) is 3.59. The van der Waals surface area contributed by atoms with Crippen molar-refractivity contribution in [2.24, 2.45) is 0 Å². The molecule has 0 aliphatic rings. The quantitative estimate of drug-likeness (QED) is 0.740. The van der Waals surface area contributed by atoms with Crippen LogP contribution in [0.1, 0.15) is 24.2 Å². The summed E-state index contributed by atoms with van der Waals surface area (Å²) in [4.78, 5) is 4.70. The number of hydrogen-bond acceptors (Lipinski definition) is 3. The first-order chi connectivity index (χ1) is 10.3. The molecule has 3 rings (SSSR count). The van der Waals surface area contributed by atoms with Crippen molar-refractivity contribution in [3.63, 3.8) is 0 Å². The van der Waals surface area contributed by atoms with Gasteiger partial charge in [0.15, 0.2) is 0 Å². The van der Waals surface area contributed by atoms with Gasteiger partial charge in [0.25, 0.3) is 0 Å². The lowest BCUT2D eigenvalue weighted by Crippen LogP contribution is -2.18. The molecule has 0 fully saturated rings. The van der Waals surface area contributed by atoms with Crippen molar-refractivity contribution in [1.82, 2.24) is 10.3 Å². The van der Waals surface area contributed by atoms with E-state index in [9.17, 15) is 0 Å². The summed E-state index contributed by atoms with van der Waals surface area (Å²) in [6.07, 6.45) is 0. The molecule has 0 saturated heterocycles. The second-order valence-corrected chi connectivity index (χ2v) is 5.88. The van der Waals surface area contributed by atoms with E-state index in [1.54, 1.807) is 11.3 Å². The van der Waals surface area contributed by atoms with Crippen LogP contribution in [0.4, 0.5) is 0 Å². The third kappa shape index (κ3) is 3.57. The summed E-state index contributed by atoms with van der Waals surface area (Å²) in [7, 11) is 0. The predicted octanol–water partition coefficient (Wildman–Crippen LogP) is 4.66. The molecule has 2 nitrogen and oxygen atoms in total. The maximum Gasteiger partial charge on any atom is 0.123 e. The highest BCUT2D eigenvalue weighted by atomic mass is 32.1. The van der Waals surface area contributed by atoms with Crippen molar-refractivity contribution in [3.05, 3.63) is 77.3 Å². The van der Waals surface area contributed by atoms with Gasteiger partial charge in [-0.3, -0.25) is 0 Å². The molecule has 1 atom stereocenters. The fourth-order valence-corrected chi connectivity index (χ4v) is 3.04. The zero-order valence-electron chi connectivity index (χ0n) is 12.0. The molecule has 2 aromatic carbocycles. The Labute approximate surface area is 129 Å². The highest BCUT2D eigenvalue weighted by Gasteiger charge is 2.07. The van der Waals surface area contributed by atoms with E-state index in [1.807, 2.05) is 24.3 Å². The minimum atomic E-state index is 0.327. The SMILES string of the molecule is CC(NCc1csc(-c2ccccc2)n1)c1ccccc1. The van der Waals surface area contributed by atoms with Crippen LogP contribution in [0.15, 0.2) is 66.0 Å².